The molecule has 30 heavy (non-hydrogen) atoms. The van der Waals surface area contributed by atoms with Gasteiger partial charge in [0.2, 0.25) is 5.91 Å². The van der Waals surface area contributed by atoms with E-state index in [1.807, 2.05) is 42.0 Å². The lowest BCUT2D eigenvalue weighted by Gasteiger charge is -2.36. The quantitative estimate of drug-likeness (QED) is 0.601. The second kappa shape index (κ2) is 9.69. The van der Waals surface area contributed by atoms with Crippen molar-refractivity contribution in [3.63, 3.8) is 0 Å². The van der Waals surface area contributed by atoms with Crippen LogP contribution >= 0.6 is 22.9 Å². The molecule has 3 heterocycles. The summed E-state index contributed by atoms with van der Waals surface area (Å²) in [5, 5.41) is 6.66. The fourth-order valence-corrected chi connectivity index (χ4v) is 5.01. The van der Waals surface area contributed by atoms with Gasteiger partial charge >= 0.3 is 0 Å². The zero-order chi connectivity index (χ0) is 20.9. The van der Waals surface area contributed by atoms with Crippen LogP contribution in [0.15, 0.2) is 54.2 Å². The highest BCUT2D eigenvalue weighted by Crippen LogP contribution is 2.30. The molecule has 7 heteroatoms. The standard InChI is InChI=1S/C23H25ClN4OS/c1-16(17-6-10-25-11-7-17)28-12-8-18(9-13-28)26-22(29)14-19-15-30-23(27-19)20-4-2-3-5-21(20)24/h2-7,10-11,15-16,18H,8-9,12-14H2,1H3,(H,26,29). The lowest BCUT2D eigenvalue weighted by Crippen LogP contribution is -2.45. The highest BCUT2D eigenvalue weighted by Gasteiger charge is 2.24. The van der Waals surface area contributed by atoms with E-state index < -0.39 is 0 Å². The van der Waals surface area contributed by atoms with Crippen molar-refractivity contribution in [2.75, 3.05) is 13.1 Å². The first-order chi connectivity index (χ1) is 14.6. The summed E-state index contributed by atoms with van der Waals surface area (Å²) in [6, 6.07) is 12.4. The van der Waals surface area contributed by atoms with Crippen LogP contribution < -0.4 is 5.32 Å². The van der Waals surface area contributed by atoms with Gasteiger partial charge in [-0.05, 0) is 43.5 Å². The van der Waals surface area contributed by atoms with E-state index in [1.165, 1.54) is 16.9 Å². The summed E-state index contributed by atoms with van der Waals surface area (Å²) < 4.78 is 0. The fraction of sp³-hybridized carbons (Fsp3) is 0.348. The Morgan fingerprint density at radius 3 is 2.70 bits per heavy atom. The predicted molar refractivity (Wildman–Crippen MR) is 122 cm³/mol. The van der Waals surface area contributed by atoms with Gasteiger partial charge in [-0.15, -0.1) is 11.3 Å². The van der Waals surface area contributed by atoms with Crippen LogP contribution in [-0.4, -0.2) is 39.9 Å². The molecule has 1 N–H and O–H groups in total. The first-order valence-electron chi connectivity index (χ1n) is 10.2. The number of pyridine rings is 1. The van der Waals surface area contributed by atoms with Gasteiger partial charge < -0.3 is 5.32 Å². The molecule has 1 fully saturated rings. The number of hydrogen-bond donors (Lipinski definition) is 1. The monoisotopic (exact) mass is 440 g/mol. The molecule has 1 atom stereocenters. The Kier molecular flexibility index (Phi) is 6.77. The number of thiazole rings is 1. The van der Waals surface area contributed by atoms with Crippen molar-refractivity contribution < 1.29 is 4.79 Å². The summed E-state index contributed by atoms with van der Waals surface area (Å²) >= 11 is 7.78. The maximum atomic E-state index is 12.5. The van der Waals surface area contributed by atoms with Crippen LogP contribution in [0.1, 0.15) is 37.1 Å². The molecule has 1 amide bonds. The minimum atomic E-state index is 0.0339. The van der Waals surface area contributed by atoms with Gasteiger partial charge in [0.15, 0.2) is 0 Å². The maximum absolute atomic E-state index is 12.5. The average molecular weight is 441 g/mol. The predicted octanol–water partition coefficient (Wildman–Crippen LogP) is 4.74. The fourth-order valence-electron chi connectivity index (χ4n) is 3.87. The molecule has 1 aromatic carbocycles. The van der Waals surface area contributed by atoms with E-state index in [1.54, 1.807) is 0 Å². The number of nitrogens with one attached hydrogen (secondary N) is 1. The molecule has 1 aliphatic heterocycles. The van der Waals surface area contributed by atoms with Gasteiger partial charge in [-0.2, -0.15) is 0 Å². The largest absolute Gasteiger partial charge is 0.353 e. The molecule has 156 valence electrons. The smallest absolute Gasteiger partial charge is 0.226 e. The molecule has 0 aliphatic carbocycles. The number of carbonyl (C=O) groups excluding carboxylic acids is 1. The molecule has 3 aromatic rings. The Morgan fingerprint density at radius 2 is 1.97 bits per heavy atom. The van der Waals surface area contributed by atoms with Crippen LogP contribution in [-0.2, 0) is 11.2 Å². The van der Waals surface area contributed by atoms with Gasteiger partial charge in [0.25, 0.3) is 0 Å². The number of piperidine rings is 1. The number of amides is 1. The minimum Gasteiger partial charge on any atom is -0.353 e. The molecule has 4 rings (SSSR count). The number of carbonyl (C=O) groups is 1. The first-order valence-corrected chi connectivity index (χ1v) is 11.5. The van der Waals surface area contributed by atoms with E-state index in [0.29, 0.717) is 17.5 Å². The molecule has 1 unspecified atom stereocenters. The number of nitrogens with zero attached hydrogens (tertiary/aromatic N) is 3. The van der Waals surface area contributed by atoms with Crippen molar-refractivity contribution in [2.45, 2.75) is 38.3 Å². The number of hydrogen-bond acceptors (Lipinski definition) is 5. The van der Waals surface area contributed by atoms with Gasteiger partial charge in [-0.1, -0.05) is 29.8 Å². The van der Waals surface area contributed by atoms with Gasteiger partial charge in [-0.3, -0.25) is 14.7 Å². The van der Waals surface area contributed by atoms with E-state index in [-0.39, 0.29) is 11.9 Å². The van der Waals surface area contributed by atoms with Crippen LogP contribution in [0.2, 0.25) is 5.02 Å². The van der Waals surface area contributed by atoms with E-state index in [2.05, 4.69) is 39.2 Å². The maximum Gasteiger partial charge on any atom is 0.226 e. The van der Waals surface area contributed by atoms with Crippen LogP contribution in [0.3, 0.4) is 0 Å². The van der Waals surface area contributed by atoms with Crippen molar-refractivity contribution in [3.05, 3.63) is 70.5 Å². The SMILES string of the molecule is CC(c1ccncc1)N1CCC(NC(=O)Cc2csc(-c3ccccc3Cl)n2)CC1. The number of aromatic nitrogens is 2. The van der Waals surface area contributed by atoms with Gasteiger partial charge in [0, 0.05) is 48.5 Å². The van der Waals surface area contributed by atoms with E-state index >= 15 is 0 Å². The molecule has 2 aromatic heterocycles. The number of halogens is 1. The molecule has 0 spiro atoms. The Bertz CT molecular complexity index is 986. The Balaban J connectivity index is 1.27. The van der Waals surface area contributed by atoms with Gasteiger partial charge in [0.1, 0.15) is 5.01 Å². The van der Waals surface area contributed by atoms with Crippen LogP contribution in [0, 0.1) is 0 Å². The second-order valence-electron chi connectivity index (χ2n) is 7.63. The summed E-state index contributed by atoms with van der Waals surface area (Å²) in [6.07, 6.45) is 5.91. The Labute approximate surface area is 186 Å². The third-order valence-corrected chi connectivity index (χ3v) is 6.88. The van der Waals surface area contributed by atoms with E-state index in [4.69, 9.17) is 11.6 Å². The molecule has 1 aliphatic rings. The minimum absolute atomic E-state index is 0.0339. The molecular formula is C23H25ClN4OS. The summed E-state index contributed by atoms with van der Waals surface area (Å²) in [5.41, 5.74) is 2.98. The van der Waals surface area contributed by atoms with Crippen molar-refractivity contribution in [3.8, 4) is 10.6 Å². The van der Waals surface area contributed by atoms with Gasteiger partial charge in [0.05, 0.1) is 17.1 Å². The van der Waals surface area contributed by atoms with Crippen LogP contribution in [0.4, 0.5) is 0 Å². The number of benzene rings is 1. The average Bonchev–Trinajstić information content (AvgIpc) is 3.22. The molecular weight excluding hydrogens is 416 g/mol. The zero-order valence-electron chi connectivity index (χ0n) is 16.9. The molecule has 0 radical (unpaired) electrons. The van der Waals surface area contributed by atoms with E-state index in [9.17, 15) is 4.79 Å². The normalized spacial score (nSPS) is 16.3. The second-order valence-corrected chi connectivity index (χ2v) is 8.90. The van der Waals surface area contributed by atoms with Crippen molar-refractivity contribution in [2.24, 2.45) is 0 Å². The van der Waals surface area contributed by atoms with Crippen LogP contribution in [0.5, 0.6) is 0 Å². The molecule has 0 saturated carbocycles. The molecule has 0 bridgehead atoms. The van der Waals surface area contributed by atoms with Crippen molar-refractivity contribution in [1.82, 2.24) is 20.2 Å². The lowest BCUT2D eigenvalue weighted by molar-refractivity contribution is -0.121. The van der Waals surface area contributed by atoms with Gasteiger partial charge in [-0.25, -0.2) is 4.98 Å². The molecule has 5 nitrogen and oxygen atoms in total. The Hall–Kier alpha value is -2.28. The lowest BCUT2D eigenvalue weighted by atomic mass is 10.0. The van der Waals surface area contributed by atoms with Crippen LogP contribution in [0.25, 0.3) is 10.6 Å². The summed E-state index contributed by atoms with van der Waals surface area (Å²) in [6.45, 7) is 4.18. The van der Waals surface area contributed by atoms with Crippen molar-refractivity contribution in [1.29, 1.82) is 0 Å². The highest BCUT2D eigenvalue weighted by atomic mass is 35.5. The number of likely N-dealkylation sites (tertiary alicyclic amines) is 1. The zero-order valence-corrected chi connectivity index (χ0v) is 18.5. The van der Waals surface area contributed by atoms with E-state index in [0.717, 1.165) is 42.2 Å². The van der Waals surface area contributed by atoms with Crippen molar-refractivity contribution >= 4 is 28.8 Å². The Morgan fingerprint density at radius 1 is 1.23 bits per heavy atom. The highest BCUT2D eigenvalue weighted by molar-refractivity contribution is 7.13. The third kappa shape index (κ3) is 5.06. The third-order valence-electron chi connectivity index (χ3n) is 5.63. The summed E-state index contributed by atoms with van der Waals surface area (Å²) in [5.74, 6) is 0.0339. The summed E-state index contributed by atoms with van der Waals surface area (Å²) in [4.78, 5) is 23.7. The molecule has 1 saturated heterocycles. The first kappa shape index (κ1) is 21.0. The topological polar surface area (TPSA) is 58.1 Å². The number of rotatable bonds is 6. The summed E-state index contributed by atoms with van der Waals surface area (Å²) in [7, 11) is 0.